The van der Waals surface area contributed by atoms with Gasteiger partial charge in [-0.05, 0) is 71.6 Å². The molecular weight excluding hydrogens is 422 g/mol. The average Bonchev–Trinajstić information content (AvgIpc) is 2.89. The lowest BCUT2D eigenvalue weighted by Crippen LogP contribution is -2.39. The Morgan fingerprint density at radius 2 is 1.47 bits per heavy atom. The van der Waals surface area contributed by atoms with Crippen LogP contribution < -0.4 is 4.74 Å². The van der Waals surface area contributed by atoms with Gasteiger partial charge in [0, 0.05) is 0 Å². The van der Waals surface area contributed by atoms with Crippen LogP contribution >= 0.6 is 0 Å². The largest absolute Gasteiger partial charge is 0.489 e. The molecule has 1 N–H and O–H groups in total. The highest BCUT2D eigenvalue weighted by molar-refractivity contribution is 5.83. The number of carboxylic acid groups (broad SMARTS) is 1. The Balaban J connectivity index is 1.41. The van der Waals surface area contributed by atoms with Crippen molar-refractivity contribution in [2.24, 2.45) is 5.92 Å². The maximum atomic E-state index is 11.5. The Hall–Kier alpha value is -3.63. The van der Waals surface area contributed by atoms with Gasteiger partial charge in [0.1, 0.15) is 12.4 Å². The van der Waals surface area contributed by atoms with Gasteiger partial charge in [0.15, 0.2) is 0 Å². The van der Waals surface area contributed by atoms with Crippen molar-refractivity contribution in [1.82, 2.24) is 4.90 Å². The molecule has 4 aromatic carbocycles. The molecule has 1 fully saturated rings. The van der Waals surface area contributed by atoms with Crippen molar-refractivity contribution >= 4 is 16.7 Å². The number of aliphatic carboxylic acids is 1. The Morgan fingerprint density at radius 3 is 2.18 bits per heavy atom. The Kier molecular flexibility index (Phi) is 6.59. The fraction of sp³-hybridized carbons (Fsp3) is 0.233. The van der Waals surface area contributed by atoms with E-state index in [4.69, 9.17) is 4.74 Å². The number of fused-ring (bicyclic) bond motifs is 1. The number of nitrogens with zero attached hydrogens (tertiary/aromatic N) is 1. The standard InChI is InChI=1S/C30H29NO3/c32-30(33)25-16-18-31(19-17-25)29(27-11-10-23-8-4-5-9-26(23)20-27)24-12-14-28(15-13-24)34-21-22-6-2-1-3-7-22/h1-15,20,25,29H,16-19,21H2,(H,32,33). The summed E-state index contributed by atoms with van der Waals surface area (Å²) < 4.78 is 6.00. The highest BCUT2D eigenvalue weighted by atomic mass is 16.5. The number of carboxylic acids is 1. The van der Waals surface area contributed by atoms with Gasteiger partial charge in [-0.25, -0.2) is 0 Å². The summed E-state index contributed by atoms with van der Waals surface area (Å²) in [5, 5.41) is 11.9. The third kappa shape index (κ3) is 4.97. The van der Waals surface area contributed by atoms with Crippen molar-refractivity contribution in [2.75, 3.05) is 13.1 Å². The second kappa shape index (κ2) is 10.1. The van der Waals surface area contributed by atoms with Crippen molar-refractivity contribution < 1.29 is 14.6 Å². The third-order valence-electron chi connectivity index (χ3n) is 6.78. The first-order chi connectivity index (χ1) is 16.7. The van der Waals surface area contributed by atoms with Gasteiger partial charge in [0.05, 0.1) is 12.0 Å². The summed E-state index contributed by atoms with van der Waals surface area (Å²) in [6.07, 6.45) is 1.36. The highest BCUT2D eigenvalue weighted by Gasteiger charge is 2.30. The minimum Gasteiger partial charge on any atom is -0.489 e. The summed E-state index contributed by atoms with van der Waals surface area (Å²) in [4.78, 5) is 13.9. The molecule has 4 heteroatoms. The van der Waals surface area contributed by atoms with Crippen LogP contribution in [-0.4, -0.2) is 29.1 Å². The number of piperidine rings is 1. The van der Waals surface area contributed by atoms with E-state index < -0.39 is 5.97 Å². The zero-order chi connectivity index (χ0) is 23.3. The van der Waals surface area contributed by atoms with E-state index in [-0.39, 0.29) is 12.0 Å². The van der Waals surface area contributed by atoms with Crippen LogP contribution in [0.2, 0.25) is 0 Å². The predicted molar refractivity (Wildman–Crippen MR) is 135 cm³/mol. The van der Waals surface area contributed by atoms with Gasteiger partial charge in [-0.2, -0.15) is 0 Å². The van der Waals surface area contributed by atoms with E-state index in [1.54, 1.807) is 0 Å². The monoisotopic (exact) mass is 451 g/mol. The number of hydrogen-bond donors (Lipinski definition) is 1. The maximum Gasteiger partial charge on any atom is 0.306 e. The van der Waals surface area contributed by atoms with Gasteiger partial charge in [0.2, 0.25) is 0 Å². The number of hydrogen-bond acceptors (Lipinski definition) is 3. The minimum absolute atomic E-state index is 0.0718. The van der Waals surface area contributed by atoms with Crippen molar-refractivity contribution in [3.63, 3.8) is 0 Å². The molecule has 0 spiro atoms. The van der Waals surface area contributed by atoms with E-state index >= 15 is 0 Å². The van der Waals surface area contributed by atoms with Gasteiger partial charge in [-0.3, -0.25) is 9.69 Å². The summed E-state index contributed by atoms with van der Waals surface area (Å²) in [5.74, 6) is -0.0847. The summed E-state index contributed by atoms with van der Waals surface area (Å²) in [6.45, 7) is 2.07. The van der Waals surface area contributed by atoms with Gasteiger partial charge < -0.3 is 9.84 Å². The molecule has 1 saturated heterocycles. The number of carbonyl (C=O) groups is 1. The Labute approximate surface area is 200 Å². The van der Waals surface area contributed by atoms with Gasteiger partial charge >= 0.3 is 5.97 Å². The minimum atomic E-state index is -0.679. The van der Waals surface area contributed by atoms with Crippen LogP contribution in [0.3, 0.4) is 0 Å². The van der Waals surface area contributed by atoms with E-state index in [9.17, 15) is 9.90 Å². The maximum absolute atomic E-state index is 11.5. The first-order valence-electron chi connectivity index (χ1n) is 11.9. The Bertz CT molecular complexity index is 1250. The summed E-state index contributed by atoms with van der Waals surface area (Å²) in [6, 6.07) is 33.6. The number of rotatable bonds is 7. The molecule has 0 aliphatic carbocycles. The summed E-state index contributed by atoms with van der Waals surface area (Å²) in [7, 11) is 0. The first kappa shape index (κ1) is 22.2. The van der Waals surface area contributed by atoms with Crippen LogP contribution in [0.5, 0.6) is 5.75 Å². The van der Waals surface area contributed by atoms with E-state index in [2.05, 4.69) is 71.6 Å². The first-order valence-corrected chi connectivity index (χ1v) is 11.9. The van der Waals surface area contributed by atoms with Gasteiger partial charge in [-0.1, -0.05) is 78.9 Å². The molecule has 172 valence electrons. The van der Waals surface area contributed by atoms with Crippen LogP contribution in [0, 0.1) is 5.92 Å². The molecular formula is C30H29NO3. The third-order valence-corrected chi connectivity index (χ3v) is 6.78. The van der Waals surface area contributed by atoms with Crippen molar-refractivity contribution in [2.45, 2.75) is 25.5 Å². The Morgan fingerprint density at radius 1 is 0.824 bits per heavy atom. The second-order valence-electron chi connectivity index (χ2n) is 9.00. The highest BCUT2D eigenvalue weighted by Crippen LogP contribution is 2.34. The van der Waals surface area contributed by atoms with E-state index in [0.29, 0.717) is 19.4 Å². The van der Waals surface area contributed by atoms with Crippen molar-refractivity contribution in [3.8, 4) is 5.75 Å². The number of ether oxygens (including phenoxy) is 1. The molecule has 1 unspecified atom stereocenters. The second-order valence-corrected chi connectivity index (χ2v) is 9.00. The molecule has 1 atom stereocenters. The number of likely N-dealkylation sites (tertiary alicyclic amines) is 1. The quantitative estimate of drug-likeness (QED) is 0.358. The molecule has 0 radical (unpaired) electrons. The normalized spacial score (nSPS) is 15.8. The van der Waals surface area contributed by atoms with Gasteiger partial charge in [0.25, 0.3) is 0 Å². The summed E-state index contributed by atoms with van der Waals surface area (Å²) >= 11 is 0. The molecule has 1 heterocycles. The van der Waals surface area contributed by atoms with E-state index in [0.717, 1.165) is 24.4 Å². The molecule has 1 aliphatic heterocycles. The van der Waals surface area contributed by atoms with E-state index in [1.807, 2.05) is 30.3 Å². The van der Waals surface area contributed by atoms with Crippen LogP contribution in [0.15, 0.2) is 97.1 Å². The van der Waals surface area contributed by atoms with Crippen LogP contribution in [-0.2, 0) is 11.4 Å². The topological polar surface area (TPSA) is 49.8 Å². The molecule has 4 aromatic rings. The lowest BCUT2D eigenvalue weighted by atomic mass is 9.90. The molecule has 0 aromatic heterocycles. The number of benzene rings is 4. The lowest BCUT2D eigenvalue weighted by molar-refractivity contribution is -0.143. The van der Waals surface area contributed by atoms with Crippen molar-refractivity contribution in [3.05, 3.63) is 114 Å². The fourth-order valence-electron chi connectivity index (χ4n) is 4.88. The molecule has 0 bridgehead atoms. The van der Waals surface area contributed by atoms with Crippen LogP contribution in [0.1, 0.15) is 35.6 Å². The van der Waals surface area contributed by atoms with Crippen molar-refractivity contribution in [1.29, 1.82) is 0 Å². The molecule has 0 amide bonds. The van der Waals surface area contributed by atoms with E-state index in [1.165, 1.54) is 21.9 Å². The zero-order valence-electron chi connectivity index (χ0n) is 19.1. The smallest absolute Gasteiger partial charge is 0.306 e. The average molecular weight is 452 g/mol. The molecule has 0 saturated carbocycles. The van der Waals surface area contributed by atoms with Crippen LogP contribution in [0.4, 0.5) is 0 Å². The van der Waals surface area contributed by atoms with Crippen LogP contribution in [0.25, 0.3) is 10.8 Å². The predicted octanol–water partition coefficient (Wildman–Crippen LogP) is 6.30. The molecule has 4 nitrogen and oxygen atoms in total. The summed E-state index contributed by atoms with van der Waals surface area (Å²) in [5.41, 5.74) is 3.56. The lowest BCUT2D eigenvalue weighted by Gasteiger charge is -2.37. The molecule has 1 aliphatic rings. The molecule has 34 heavy (non-hydrogen) atoms. The fourth-order valence-corrected chi connectivity index (χ4v) is 4.88. The molecule has 5 rings (SSSR count). The van der Waals surface area contributed by atoms with Gasteiger partial charge in [-0.15, -0.1) is 0 Å². The SMILES string of the molecule is O=C(O)C1CCN(C(c2ccc(OCc3ccccc3)cc2)c2ccc3ccccc3c2)CC1. The zero-order valence-corrected chi connectivity index (χ0v) is 19.1.